The highest BCUT2D eigenvalue weighted by Gasteiger charge is 2.25. The molecule has 24 heavy (non-hydrogen) atoms. The third kappa shape index (κ3) is 6.59. The van der Waals surface area contributed by atoms with E-state index in [-0.39, 0.29) is 12.0 Å². The number of piperazine rings is 1. The summed E-state index contributed by atoms with van der Waals surface area (Å²) in [6, 6.07) is 10.7. The number of aliphatic hydroxyl groups excluding tert-OH is 1. The van der Waals surface area contributed by atoms with Crippen LogP contribution >= 0.6 is 0 Å². The molecule has 1 heterocycles. The van der Waals surface area contributed by atoms with E-state index in [0.29, 0.717) is 19.1 Å². The van der Waals surface area contributed by atoms with Gasteiger partial charge in [0, 0.05) is 38.8 Å². The first kappa shape index (κ1) is 18.9. The Morgan fingerprint density at radius 2 is 2.08 bits per heavy atom. The van der Waals surface area contributed by atoms with Crippen molar-refractivity contribution in [2.24, 2.45) is 0 Å². The molecule has 1 aliphatic rings. The number of amides is 1. The van der Waals surface area contributed by atoms with E-state index in [1.165, 1.54) is 5.56 Å². The van der Waals surface area contributed by atoms with E-state index < -0.39 is 0 Å². The molecule has 1 aromatic rings. The van der Waals surface area contributed by atoms with E-state index in [1.807, 2.05) is 25.1 Å². The molecule has 1 fully saturated rings. The number of aryl methyl sites for hydroxylation is 1. The van der Waals surface area contributed by atoms with Gasteiger partial charge in [0.15, 0.2) is 0 Å². The maximum absolute atomic E-state index is 12.1. The number of β-amino-alcohol motifs (C(OH)–C–C–N with tert-alkyl or cyclic N) is 1. The van der Waals surface area contributed by atoms with Crippen LogP contribution in [0.15, 0.2) is 30.3 Å². The van der Waals surface area contributed by atoms with Crippen LogP contribution in [0.3, 0.4) is 0 Å². The number of nitrogens with one attached hydrogen (secondary N) is 1. The van der Waals surface area contributed by atoms with Gasteiger partial charge in [0.2, 0.25) is 5.91 Å². The number of carbonyl (C=O) groups is 1. The van der Waals surface area contributed by atoms with Crippen molar-refractivity contribution < 1.29 is 9.90 Å². The molecule has 0 aliphatic carbocycles. The smallest absolute Gasteiger partial charge is 0.234 e. The monoisotopic (exact) mass is 333 g/mol. The van der Waals surface area contributed by atoms with Crippen molar-refractivity contribution >= 4 is 5.91 Å². The molecule has 1 aliphatic heterocycles. The van der Waals surface area contributed by atoms with E-state index >= 15 is 0 Å². The summed E-state index contributed by atoms with van der Waals surface area (Å²) >= 11 is 0. The predicted molar refractivity (Wildman–Crippen MR) is 96.9 cm³/mol. The second-order valence-corrected chi connectivity index (χ2v) is 6.87. The number of carbonyl (C=O) groups excluding carboxylic acids is 1. The molecule has 134 valence electrons. The third-order valence-electron chi connectivity index (χ3n) is 4.52. The average Bonchev–Trinajstić information content (AvgIpc) is 2.55. The molecule has 0 aromatic heterocycles. The Labute approximate surface area is 145 Å². The second kappa shape index (κ2) is 9.77. The van der Waals surface area contributed by atoms with Gasteiger partial charge in [-0.3, -0.25) is 14.6 Å². The SMILES string of the molecule is C[C@H](O)CN1CCN(CC(=O)NCCCc2ccccc2)C[C@H]1C. The molecule has 0 unspecified atom stereocenters. The molecule has 0 saturated carbocycles. The number of hydrogen-bond acceptors (Lipinski definition) is 4. The zero-order valence-corrected chi connectivity index (χ0v) is 14.9. The van der Waals surface area contributed by atoms with Crippen LogP contribution in [0.25, 0.3) is 0 Å². The second-order valence-electron chi connectivity index (χ2n) is 6.87. The van der Waals surface area contributed by atoms with Gasteiger partial charge in [-0.25, -0.2) is 0 Å². The molecule has 2 N–H and O–H groups in total. The van der Waals surface area contributed by atoms with Gasteiger partial charge in [-0.05, 0) is 32.3 Å². The van der Waals surface area contributed by atoms with Crippen LogP contribution in [-0.2, 0) is 11.2 Å². The van der Waals surface area contributed by atoms with Crippen LogP contribution < -0.4 is 5.32 Å². The van der Waals surface area contributed by atoms with Crippen molar-refractivity contribution in [3.05, 3.63) is 35.9 Å². The first-order valence-electron chi connectivity index (χ1n) is 8.99. The lowest BCUT2D eigenvalue weighted by molar-refractivity contribution is -0.123. The summed E-state index contributed by atoms with van der Waals surface area (Å²) in [7, 11) is 0. The average molecular weight is 333 g/mol. The van der Waals surface area contributed by atoms with Crippen molar-refractivity contribution in [2.45, 2.75) is 38.8 Å². The van der Waals surface area contributed by atoms with Crippen LogP contribution in [0.5, 0.6) is 0 Å². The molecule has 0 bridgehead atoms. The Morgan fingerprint density at radius 1 is 1.33 bits per heavy atom. The molecular weight excluding hydrogens is 302 g/mol. The normalized spacial score (nSPS) is 20.7. The summed E-state index contributed by atoms with van der Waals surface area (Å²) < 4.78 is 0. The Kier molecular flexibility index (Phi) is 7.69. The molecule has 2 rings (SSSR count). The van der Waals surface area contributed by atoms with Gasteiger partial charge in [0.1, 0.15) is 0 Å². The van der Waals surface area contributed by atoms with Gasteiger partial charge < -0.3 is 10.4 Å². The van der Waals surface area contributed by atoms with Crippen molar-refractivity contribution in [2.75, 3.05) is 39.3 Å². The van der Waals surface area contributed by atoms with E-state index in [4.69, 9.17) is 0 Å². The molecule has 1 saturated heterocycles. The fourth-order valence-corrected chi connectivity index (χ4v) is 3.25. The van der Waals surface area contributed by atoms with Crippen molar-refractivity contribution in [1.29, 1.82) is 0 Å². The zero-order valence-electron chi connectivity index (χ0n) is 14.9. The zero-order chi connectivity index (χ0) is 17.4. The van der Waals surface area contributed by atoms with Crippen LogP contribution in [0, 0.1) is 0 Å². The van der Waals surface area contributed by atoms with E-state index in [1.54, 1.807) is 0 Å². The lowest BCUT2D eigenvalue weighted by Gasteiger charge is -2.40. The maximum atomic E-state index is 12.1. The summed E-state index contributed by atoms with van der Waals surface area (Å²) in [5.74, 6) is 0.110. The van der Waals surface area contributed by atoms with E-state index in [9.17, 15) is 9.90 Å². The van der Waals surface area contributed by atoms with Crippen LogP contribution in [0.4, 0.5) is 0 Å². The van der Waals surface area contributed by atoms with Crippen LogP contribution in [0.2, 0.25) is 0 Å². The van der Waals surface area contributed by atoms with Gasteiger partial charge in [-0.15, -0.1) is 0 Å². The molecule has 1 amide bonds. The Balaban J connectivity index is 1.61. The molecule has 5 heteroatoms. The third-order valence-corrected chi connectivity index (χ3v) is 4.52. The molecule has 0 spiro atoms. The summed E-state index contributed by atoms with van der Waals surface area (Å²) in [6.07, 6.45) is 1.66. The fourth-order valence-electron chi connectivity index (χ4n) is 3.25. The number of rotatable bonds is 8. The van der Waals surface area contributed by atoms with Crippen LogP contribution in [-0.4, -0.2) is 72.2 Å². The van der Waals surface area contributed by atoms with Gasteiger partial charge >= 0.3 is 0 Å². The van der Waals surface area contributed by atoms with E-state index in [2.05, 4.69) is 34.2 Å². The summed E-state index contributed by atoms with van der Waals surface area (Å²) in [5, 5.41) is 12.5. The van der Waals surface area contributed by atoms with Crippen LogP contribution in [0.1, 0.15) is 25.8 Å². The standard InChI is InChI=1S/C19H31N3O2/c1-16-13-21(11-12-22(16)14-17(2)23)15-19(24)20-10-6-9-18-7-4-3-5-8-18/h3-5,7-8,16-17,23H,6,9-15H2,1-2H3,(H,20,24)/t16-,17+/m1/s1. The predicted octanol–water partition coefficient (Wildman–Crippen LogP) is 1.12. The molecule has 0 radical (unpaired) electrons. The van der Waals surface area contributed by atoms with Crippen molar-refractivity contribution in [3.63, 3.8) is 0 Å². The molecule has 5 nitrogen and oxygen atoms in total. The molecular formula is C19H31N3O2. The van der Waals surface area contributed by atoms with Crippen molar-refractivity contribution in [3.8, 4) is 0 Å². The quantitative estimate of drug-likeness (QED) is 0.700. The Morgan fingerprint density at radius 3 is 2.75 bits per heavy atom. The largest absolute Gasteiger partial charge is 0.392 e. The minimum atomic E-state index is -0.299. The summed E-state index contributed by atoms with van der Waals surface area (Å²) in [4.78, 5) is 16.6. The van der Waals surface area contributed by atoms with E-state index in [0.717, 1.165) is 39.0 Å². The van der Waals surface area contributed by atoms with Crippen molar-refractivity contribution in [1.82, 2.24) is 15.1 Å². The maximum Gasteiger partial charge on any atom is 0.234 e. The highest BCUT2D eigenvalue weighted by molar-refractivity contribution is 5.78. The lowest BCUT2D eigenvalue weighted by atomic mass is 10.1. The first-order valence-corrected chi connectivity index (χ1v) is 8.99. The minimum Gasteiger partial charge on any atom is -0.392 e. The van der Waals surface area contributed by atoms with Gasteiger partial charge in [-0.2, -0.15) is 0 Å². The highest BCUT2D eigenvalue weighted by Crippen LogP contribution is 2.09. The Hall–Kier alpha value is -1.43. The first-order chi connectivity index (χ1) is 11.5. The number of hydrogen-bond donors (Lipinski definition) is 2. The van der Waals surface area contributed by atoms with Gasteiger partial charge in [0.05, 0.1) is 12.6 Å². The van der Waals surface area contributed by atoms with Gasteiger partial charge in [-0.1, -0.05) is 30.3 Å². The number of benzene rings is 1. The Bertz CT molecular complexity index is 493. The number of aliphatic hydroxyl groups is 1. The molecule has 2 atom stereocenters. The summed E-state index contributed by atoms with van der Waals surface area (Å²) in [6.45, 7) is 8.56. The molecule has 1 aromatic carbocycles. The lowest BCUT2D eigenvalue weighted by Crippen LogP contribution is -2.55. The number of nitrogens with zero attached hydrogens (tertiary/aromatic N) is 2. The highest BCUT2D eigenvalue weighted by atomic mass is 16.3. The minimum absolute atomic E-state index is 0.110. The van der Waals surface area contributed by atoms with Gasteiger partial charge in [0.25, 0.3) is 0 Å². The fraction of sp³-hybridized carbons (Fsp3) is 0.632. The topological polar surface area (TPSA) is 55.8 Å². The summed E-state index contributed by atoms with van der Waals surface area (Å²) in [5.41, 5.74) is 1.31.